The topological polar surface area (TPSA) is 120 Å². The second kappa shape index (κ2) is 8.99. The van der Waals surface area contributed by atoms with Crippen LogP contribution in [-0.2, 0) is 21.4 Å². The van der Waals surface area contributed by atoms with Crippen LogP contribution in [0.2, 0.25) is 0 Å². The zero-order valence-electron chi connectivity index (χ0n) is 15.5. The Labute approximate surface area is 172 Å². The Morgan fingerprint density at radius 1 is 1.10 bits per heavy atom. The van der Waals surface area contributed by atoms with E-state index >= 15 is 0 Å². The summed E-state index contributed by atoms with van der Waals surface area (Å²) in [6.07, 6.45) is 2.96. The Morgan fingerprint density at radius 3 is 2.33 bits per heavy atom. The van der Waals surface area contributed by atoms with Crippen LogP contribution in [0.1, 0.15) is 17.2 Å². The van der Waals surface area contributed by atoms with E-state index in [0.29, 0.717) is 5.56 Å². The van der Waals surface area contributed by atoms with Gasteiger partial charge in [-0.25, -0.2) is 18.3 Å². The van der Waals surface area contributed by atoms with Crippen molar-refractivity contribution in [2.24, 2.45) is 0 Å². The number of carbonyl (C=O) groups is 1. The molecule has 0 saturated carbocycles. The Kier molecular flexibility index (Phi) is 6.40. The lowest BCUT2D eigenvalue weighted by atomic mass is 10.1. The van der Waals surface area contributed by atoms with Gasteiger partial charge in [-0.05, 0) is 53.6 Å². The zero-order chi connectivity index (χ0) is 21.7. The third kappa shape index (κ3) is 4.62. The van der Waals surface area contributed by atoms with Crippen molar-refractivity contribution in [3.63, 3.8) is 0 Å². The first-order valence-electron chi connectivity index (χ1n) is 8.72. The van der Waals surface area contributed by atoms with E-state index in [1.165, 1.54) is 54.3 Å². The molecule has 156 valence electrons. The lowest BCUT2D eigenvalue weighted by molar-refractivity contribution is -0.133. The van der Waals surface area contributed by atoms with Crippen molar-refractivity contribution >= 4 is 15.9 Å². The summed E-state index contributed by atoms with van der Waals surface area (Å²) in [6.45, 7) is -0.257. The molecule has 3 rings (SSSR count). The molecule has 0 aliphatic heterocycles. The summed E-state index contributed by atoms with van der Waals surface area (Å²) in [7, 11) is -4.30. The highest BCUT2D eigenvalue weighted by atomic mass is 32.2. The molecule has 1 aromatic heterocycles. The van der Waals surface area contributed by atoms with Crippen molar-refractivity contribution in [3.05, 3.63) is 90.0 Å². The molecule has 3 aromatic rings. The first kappa shape index (κ1) is 21.4. The fourth-order valence-electron chi connectivity index (χ4n) is 2.89. The summed E-state index contributed by atoms with van der Waals surface area (Å²) in [5, 5.41) is 18.8. The number of sulfonamides is 1. The first-order valence-corrected chi connectivity index (χ1v) is 10.2. The van der Waals surface area contributed by atoms with Gasteiger partial charge in [0.1, 0.15) is 17.6 Å². The number of carbonyl (C=O) groups excluding carboxylic acids is 1. The third-order valence-corrected chi connectivity index (χ3v) is 6.16. The van der Waals surface area contributed by atoms with Gasteiger partial charge in [-0.2, -0.15) is 4.31 Å². The van der Waals surface area contributed by atoms with E-state index in [4.69, 9.17) is 0 Å². The average Bonchev–Trinajstić information content (AvgIpc) is 2.75. The first-order chi connectivity index (χ1) is 14.3. The van der Waals surface area contributed by atoms with Crippen molar-refractivity contribution in [2.45, 2.75) is 17.5 Å². The maximum atomic E-state index is 13.4. The van der Waals surface area contributed by atoms with Crippen LogP contribution in [0.15, 0.2) is 78.0 Å². The molecule has 0 bridgehead atoms. The number of hydroxylamine groups is 1. The van der Waals surface area contributed by atoms with Gasteiger partial charge in [-0.3, -0.25) is 15.0 Å². The molecule has 10 heteroatoms. The van der Waals surface area contributed by atoms with Crippen molar-refractivity contribution in [2.75, 3.05) is 0 Å². The maximum Gasteiger partial charge on any atom is 0.266 e. The van der Waals surface area contributed by atoms with Crippen molar-refractivity contribution in [3.8, 4) is 5.75 Å². The predicted octanol–water partition coefficient (Wildman–Crippen LogP) is 2.36. The van der Waals surface area contributed by atoms with E-state index in [2.05, 4.69) is 4.98 Å². The van der Waals surface area contributed by atoms with E-state index < -0.39 is 27.8 Å². The van der Waals surface area contributed by atoms with Gasteiger partial charge in [-0.15, -0.1) is 0 Å². The summed E-state index contributed by atoms with van der Waals surface area (Å²) >= 11 is 0. The standard InChI is InChI=1S/C20H18FN3O5S/c21-16-5-3-15(4-6-16)19(20(26)23-27)24(13-14-2-1-11-22-12-14)30(28,29)18-9-7-17(25)8-10-18/h1-12,19,25,27H,13H2,(H,23,26). The van der Waals surface area contributed by atoms with Crippen LogP contribution in [-0.4, -0.2) is 33.9 Å². The van der Waals surface area contributed by atoms with Crippen LogP contribution < -0.4 is 5.48 Å². The summed E-state index contributed by atoms with van der Waals surface area (Å²) in [5.41, 5.74) is 2.11. The maximum absolute atomic E-state index is 13.4. The van der Waals surface area contributed by atoms with E-state index in [0.717, 1.165) is 16.4 Å². The van der Waals surface area contributed by atoms with Gasteiger partial charge in [0.2, 0.25) is 10.0 Å². The van der Waals surface area contributed by atoms with E-state index in [1.807, 2.05) is 0 Å². The Bertz CT molecular complexity index is 1110. The molecule has 1 amide bonds. The van der Waals surface area contributed by atoms with Crippen molar-refractivity contribution in [1.29, 1.82) is 0 Å². The summed E-state index contributed by atoms with van der Waals surface area (Å²) in [6, 6.07) is 11.2. The predicted molar refractivity (Wildman–Crippen MR) is 104 cm³/mol. The summed E-state index contributed by atoms with van der Waals surface area (Å²) in [5.74, 6) is -1.72. The zero-order valence-corrected chi connectivity index (χ0v) is 16.3. The highest BCUT2D eigenvalue weighted by Gasteiger charge is 2.37. The molecule has 30 heavy (non-hydrogen) atoms. The van der Waals surface area contributed by atoms with Crippen LogP contribution in [0.5, 0.6) is 5.75 Å². The number of phenolic OH excluding ortho intramolecular Hbond substituents is 1. The van der Waals surface area contributed by atoms with Gasteiger partial charge < -0.3 is 5.11 Å². The number of aromatic nitrogens is 1. The van der Waals surface area contributed by atoms with Crippen molar-refractivity contribution < 1.29 is 27.9 Å². The molecule has 0 radical (unpaired) electrons. The molecule has 0 aliphatic carbocycles. The van der Waals surface area contributed by atoms with E-state index in [9.17, 15) is 27.9 Å². The molecular formula is C20H18FN3O5S. The minimum absolute atomic E-state index is 0.129. The van der Waals surface area contributed by atoms with Crippen LogP contribution in [0, 0.1) is 5.82 Å². The Balaban J connectivity index is 2.16. The number of nitrogens with one attached hydrogen (secondary N) is 1. The lowest BCUT2D eigenvalue weighted by Crippen LogP contribution is -2.42. The lowest BCUT2D eigenvalue weighted by Gasteiger charge is -2.30. The average molecular weight is 431 g/mol. The van der Waals surface area contributed by atoms with Crippen LogP contribution in [0.4, 0.5) is 4.39 Å². The minimum Gasteiger partial charge on any atom is -0.508 e. The van der Waals surface area contributed by atoms with Gasteiger partial charge in [-0.1, -0.05) is 18.2 Å². The number of hydrogen-bond acceptors (Lipinski definition) is 6. The largest absolute Gasteiger partial charge is 0.508 e. The van der Waals surface area contributed by atoms with Crippen LogP contribution in [0.25, 0.3) is 0 Å². The summed E-state index contributed by atoms with van der Waals surface area (Å²) < 4.78 is 41.2. The Morgan fingerprint density at radius 2 is 1.77 bits per heavy atom. The van der Waals surface area contributed by atoms with Gasteiger partial charge in [0, 0.05) is 18.9 Å². The molecule has 8 nitrogen and oxygen atoms in total. The molecule has 1 unspecified atom stereocenters. The smallest absolute Gasteiger partial charge is 0.266 e. The number of phenols is 1. The number of nitrogens with zero attached hydrogens (tertiary/aromatic N) is 2. The number of aromatic hydroxyl groups is 1. The number of hydrogen-bond donors (Lipinski definition) is 3. The molecule has 3 N–H and O–H groups in total. The molecule has 0 aliphatic rings. The summed E-state index contributed by atoms with van der Waals surface area (Å²) in [4.78, 5) is 16.3. The van der Waals surface area contributed by atoms with Gasteiger partial charge in [0.25, 0.3) is 5.91 Å². The van der Waals surface area contributed by atoms with E-state index in [-0.39, 0.29) is 22.8 Å². The molecule has 0 spiro atoms. The van der Waals surface area contributed by atoms with Crippen LogP contribution in [0.3, 0.4) is 0 Å². The number of benzene rings is 2. The second-order valence-electron chi connectivity index (χ2n) is 6.34. The monoisotopic (exact) mass is 431 g/mol. The Hall–Kier alpha value is -3.34. The molecule has 0 fully saturated rings. The third-order valence-electron chi connectivity index (χ3n) is 4.34. The highest BCUT2D eigenvalue weighted by molar-refractivity contribution is 7.89. The quantitative estimate of drug-likeness (QED) is 0.390. The molecule has 2 aromatic carbocycles. The minimum atomic E-state index is -4.30. The molecule has 1 heterocycles. The molecule has 0 saturated heterocycles. The number of amides is 1. The molecule has 1 atom stereocenters. The number of halogens is 1. The highest BCUT2D eigenvalue weighted by Crippen LogP contribution is 2.31. The fourth-order valence-corrected chi connectivity index (χ4v) is 4.46. The van der Waals surface area contributed by atoms with Gasteiger partial charge in [0.15, 0.2) is 0 Å². The van der Waals surface area contributed by atoms with Gasteiger partial charge >= 0.3 is 0 Å². The number of pyridine rings is 1. The second-order valence-corrected chi connectivity index (χ2v) is 8.23. The van der Waals surface area contributed by atoms with E-state index in [1.54, 1.807) is 12.1 Å². The van der Waals surface area contributed by atoms with Crippen molar-refractivity contribution in [1.82, 2.24) is 14.8 Å². The van der Waals surface area contributed by atoms with Crippen LogP contribution >= 0.6 is 0 Å². The fraction of sp³-hybridized carbons (Fsp3) is 0.100. The van der Waals surface area contributed by atoms with Gasteiger partial charge in [0.05, 0.1) is 4.90 Å². The normalized spacial score (nSPS) is 12.5. The number of rotatable bonds is 7. The molecular weight excluding hydrogens is 413 g/mol. The SMILES string of the molecule is O=C(NO)C(c1ccc(F)cc1)N(Cc1cccnc1)S(=O)(=O)c1ccc(O)cc1.